The van der Waals surface area contributed by atoms with Crippen LogP contribution in [0.25, 0.3) is 0 Å². The first-order valence-corrected chi connectivity index (χ1v) is 2.97. The predicted molar refractivity (Wildman–Crippen MR) is 34.0 cm³/mol. The second-order valence-electron chi connectivity index (χ2n) is 2.67. The monoisotopic (exact) mass is 108 g/mol. The van der Waals surface area contributed by atoms with Crippen molar-refractivity contribution in [3.8, 4) is 0 Å². The smallest absolute Gasteiger partial charge is 0.0499 e. The van der Waals surface area contributed by atoms with E-state index in [2.05, 4.69) is 0 Å². The van der Waals surface area contributed by atoms with Crippen LogP contribution in [-0.4, -0.2) is 23.1 Å². The van der Waals surface area contributed by atoms with E-state index >= 15 is 0 Å². The number of hydrogen-bond donors (Lipinski definition) is 0. The maximum Gasteiger partial charge on any atom is 0.316 e. The molecule has 2 fully saturated rings. The molecule has 0 heterocycles. The van der Waals surface area contributed by atoms with Gasteiger partial charge in [0.1, 0.15) is 0 Å². The molecule has 2 saturated carbocycles. The van der Waals surface area contributed by atoms with Crippen LogP contribution >= 0.6 is 0 Å². The molecule has 0 aliphatic heterocycles. The molecule has 0 radical (unpaired) electrons. The Kier molecular flexibility index (Phi) is 1.63. The van der Waals surface area contributed by atoms with Gasteiger partial charge in [0.25, 0.3) is 0 Å². The first kappa shape index (κ1) is 5.89. The zero-order chi connectivity index (χ0) is 3.98. The predicted octanol–water partition coefficient (Wildman–Crippen LogP) is 0.890. The highest BCUT2D eigenvalue weighted by Crippen LogP contribution is 2.49. The summed E-state index contributed by atoms with van der Waals surface area (Å²) in [7, 11) is 0. The maximum atomic E-state index is 1.56. The lowest BCUT2D eigenvalue weighted by Crippen LogP contribution is -1.70. The van der Waals surface area contributed by atoms with Gasteiger partial charge in [-0.25, -0.2) is 0 Å². The fourth-order valence-electron chi connectivity index (χ4n) is 1.14. The van der Waals surface area contributed by atoms with Crippen LogP contribution in [0.2, 0.25) is 0 Å². The van der Waals surface area contributed by atoms with Crippen LogP contribution in [0.3, 0.4) is 0 Å². The molecule has 7 heavy (non-hydrogen) atoms. The molecule has 1 heteroatoms. The molecule has 0 aromatic rings. The average molecular weight is 108 g/mol. The van der Waals surface area contributed by atoms with Gasteiger partial charge in [0, 0.05) is 0 Å². The fourth-order valence-corrected chi connectivity index (χ4v) is 1.14. The van der Waals surface area contributed by atoms with Crippen molar-refractivity contribution < 1.29 is 0 Å². The molecule has 38 valence electrons. The van der Waals surface area contributed by atoms with Gasteiger partial charge in [0.2, 0.25) is 0 Å². The van der Waals surface area contributed by atoms with Gasteiger partial charge in [-0.3, -0.25) is 0 Å². The maximum absolute atomic E-state index is 1.56. The lowest BCUT2D eigenvalue weighted by atomic mass is 10.3. The van der Waals surface area contributed by atoms with Crippen molar-refractivity contribution in [1.82, 2.24) is 0 Å². The summed E-state index contributed by atoms with van der Waals surface area (Å²) in [6.07, 6.45) is 6.24. The lowest BCUT2D eigenvalue weighted by molar-refractivity contribution is 0.716. The zero-order valence-corrected chi connectivity index (χ0v) is 3.98. The Hall–Kier alpha value is 0.766. The third kappa shape index (κ3) is 1.33. The summed E-state index contributed by atoms with van der Waals surface area (Å²) >= 11 is 0. The van der Waals surface area contributed by atoms with Gasteiger partial charge < -0.3 is 0 Å². The molecule has 0 aromatic carbocycles. The van der Waals surface area contributed by atoms with E-state index in [1.54, 1.807) is 25.7 Å². The minimum Gasteiger partial charge on any atom is -0.0499 e. The molecule has 0 atom stereocenters. The molecule has 2 aliphatic carbocycles. The van der Waals surface area contributed by atoms with E-state index in [-0.39, 0.29) is 23.1 Å². The molecular formula is C6H12Mg. The highest BCUT2D eigenvalue weighted by molar-refractivity contribution is 5.75. The van der Waals surface area contributed by atoms with Crippen molar-refractivity contribution in [2.24, 2.45) is 11.8 Å². The van der Waals surface area contributed by atoms with Gasteiger partial charge in [0.05, 0.1) is 0 Å². The molecular weight excluding hydrogens is 96.4 g/mol. The summed E-state index contributed by atoms with van der Waals surface area (Å²) in [6, 6.07) is 0. The summed E-state index contributed by atoms with van der Waals surface area (Å²) in [5, 5.41) is 0. The second-order valence-corrected chi connectivity index (χ2v) is 2.67. The standard InChI is InChI=1S/C6H10.Mg.2H/c1-2-5(1)6-3-4-6;;;/h5-6H,1-4H2;;;. The Morgan fingerprint density at radius 1 is 0.714 bits per heavy atom. The number of rotatable bonds is 1. The minimum atomic E-state index is 0. The Bertz CT molecular complexity index is 52.6. The van der Waals surface area contributed by atoms with E-state index in [0.717, 1.165) is 0 Å². The third-order valence-corrected chi connectivity index (χ3v) is 1.91. The molecule has 0 N–H and O–H groups in total. The Labute approximate surface area is 60.8 Å². The first-order chi connectivity index (χ1) is 2.97. The van der Waals surface area contributed by atoms with Crippen LogP contribution in [0.5, 0.6) is 0 Å². The van der Waals surface area contributed by atoms with Gasteiger partial charge in [-0.05, 0) is 37.5 Å². The first-order valence-electron chi connectivity index (χ1n) is 2.97. The van der Waals surface area contributed by atoms with E-state index in [1.807, 2.05) is 0 Å². The van der Waals surface area contributed by atoms with Crippen molar-refractivity contribution in [2.75, 3.05) is 0 Å². The van der Waals surface area contributed by atoms with E-state index in [4.69, 9.17) is 0 Å². The SMILES string of the molecule is C1CC1C1CC1.[MgH2]. The summed E-state index contributed by atoms with van der Waals surface area (Å²) in [6.45, 7) is 0. The summed E-state index contributed by atoms with van der Waals surface area (Å²) < 4.78 is 0. The second kappa shape index (κ2) is 1.94. The molecule has 2 rings (SSSR count). The largest absolute Gasteiger partial charge is 0.316 e. The zero-order valence-electron chi connectivity index (χ0n) is 3.98. The number of hydrogen-bond acceptors (Lipinski definition) is 0. The summed E-state index contributed by atoms with van der Waals surface area (Å²) in [5.74, 6) is 2.43. The molecule has 0 amide bonds. The van der Waals surface area contributed by atoms with Crippen molar-refractivity contribution in [3.05, 3.63) is 0 Å². The van der Waals surface area contributed by atoms with Crippen LogP contribution in [0.15, 0.2) is 0 Å². The van der Waals surface area contributed by atoms with Crippen molar-refractivity contribution in [1.29, 1.82) is 0 Å². The highest BCUT2D eigenvalue weighted by atomic mass is 24.3. The van der Waals surface area contributed by atoms with Gasteiger partial charge in [-0.1, -0.05) is 0 Å². The average Bonchev–Trinajstić information content (AvgIpc) is 2.26. The Balaban J connectivity index is 0.000000245. The van der Waals surface area contributed by atoms with Crippen molar-refractivity contribution in [2.45, 2.75) is 25.7 Å². The Morgan fingerprint density at radius 2 is 1.00 bits per heavy atom. The highest BCUT2D eigenvalue weighted by Gasteiger charge is 2.37. The molecule has 2 aliphatic rings. The fraction of sp³-hybridized carbons (Fsp3) is 1.00. The van der Waals surface area contributed by atoms with Crippen LogP contribution < -0.4 is 0 Å². The van der Waals surface area contributed by atoms with Crippen molar-refractivity contribution >= 4 is 23.1 Å². The Morgan fingerprint density at radius 3 is 1.14 bits per heavy atom. The normalized spacial score (nSPS) is 29.1. The van der Waals surface area contributed by atoms with Crippen LogP contribution in [0, 0.1) is 11.8 Å². The minimum absolute atomic E-state index is 0. The van der Waals surface area contributed by atoms with Crippen molar-refractivity contribution in [3.63, 3.8) is 0 Å². The molecule has 0 saturated heterocycles. The topological polar surface area (TPSA) is 0 Å². The molecule has 0 bridgehead atoms. The van der Waals surface area contributed by atoms with E-state index < -0.39 is 0 Å². The van der Waals surface area contributed by atoms with Gasteiger partial charge in [-0.15, -0.1) is 0 Å². The van der Waals surface area contributed by atoms with E-state index in [1.165, 1.54) is 11.8 Å². The third-order valence-electron chi connectivity index (χ3n) is 1.91. The van der Waals surface area contributed by atoms with Gasteiger partial charge in [-0.2, -0.15) is 0 Å². The molecule has 0 spiro atoms. The van der Waals surface area contributed by atoms with Crippen LogP contribution in [0.4, 0.5) is 0 Å². The molecule has 0 aromatic heterocycles. The summed E-state index contributed by atoms with van der Waals surface area (Å²) in [4.78, 5) is 0. The van der Waals surface area contributed by atoms with Gasteiger partial charge >= 0.3 is 23.1 Å². The molecule has 0 unspecified atom stereocenters. The summed E-state index contributed by atoms with van der Waals surface area (Å²) in [5.41, 5.74) is 0. The quantitative estimate of drug-likeness (QED) is 0.438. The van der Waals surface area contributed by atoms with Gasteiger partial charge in [0.15, 0.2) is 0 Å². The lowest BCUT2D eigenvalue weighted by Gasteiger charge is -1.77. The van der Waals surface area contributed by atoms with Crippen LogP contribution in [0.1, 0.15) is 25.7 Å². The van der Waals surface area contributed by atoms with Crippen LogP contribution in [-0.2, 0) is 0 Å². The van der Waals surface area contributed by atoms with E-state index in [9.17, 15) is 0 Å². The molecule has 0 nitrogen and oxygen atoms in total. The van der Waals surface area contributed by atoms with E-state index in [0.29, 0.717) is 0 Å².